The minimum atomic E-state index is -1.91. The zero-order valence-electron chi connectivity index (χ0n) is 54.0. The van der Waals surface area contributed by atoms with Gasteiger partial charge < -0.3 is 62.6 Å². The molecule has 25 atom stereocenters. The largest absolute Gasteiger partial charge is 0.426 e. The molecule has 12 rings (SSSR count). The van der Waals surface area contributed by atoms with Crippen LogP contribution >= 0.6 is 0 Å². The van der Waals surface area contributed by atoms with E-state index in [4.69, 9.17) is 73.5 Å². The average molecular weight is 1180 g/mol. The van der Waals surface area contributed by atoms with Crippen molar-refractivity contribution >= 4 is 27.9 Å². The Morgan fingerprint density at radius 1 is 0.744 bits per heavy atom. The number of nitrogens with two attached hydrogens (primary N) is 1. The third kappa shape index (κ3) is 9.39. The van der Waals surface area contributed by atoms with Gasteiger partial charge in [0.2, 0.25) is 0 Å². The summed E-state index contributed by atoms with van der Waals surface area (Å²) in [6.45, 7) is 29.1. The van der Waals surface area contributed by atoms with Crippen LogP contribution in [0.4, 0.5) is 0 Å². The number of aldehydes is 1. The molecular weight excluding hydrogens is 1080 g/mol. The molecule has 4 radical (unpaired) electrons. The fourth-order valence-corrected chi connectivity index (χ4v) is 20.2. The van der Waals surface area contributed by atoms with Crippen LogP contribution in [0, 0.1) is 62.1 Å². The van der Waals surface area contributed by atoms with Crippen LogP contribution < -0.4 is 5.73 Å². The number of esters is 1. The molecule has 10 aliphatic rings. The molecule has 0 amide bonds. The van der Waals surface area contributed by atoms with Crippen LogP contribution in [0.3, 0.4) is 0 Å². The summed E-state index contributed by atoms with van der Waals surface area (Å²) in [4.78, 5) is 30.2. The summed E-state index contributed by atoms with van der Waals surface area (Å²) in [5.74, 6) is -3.41. The average Bonchev–Trinajstić information content (AvgIpc) is 0.699. The van der Waals surface area contributed by atoms with Gasteiger partial charge in [-0.25, -0.2) is 0 Å². The number of benzene rings is 2. The van der Waals surface area contributed by atoms with Gasteiger partial charge in [-0.05, 0) is 141 Å². The number of allylic oxidation sites excluding steroid dienone is 2. The van der Waals surface area contributed by atoms with Crippen molar-refractivity contribution in [3.8, 4) is 0 Å². The Morgan fingerprint density at radius 3 is 2.05 bits per heavy atom. The molecule has 5 saturated heterocycles. The maximum absolute atomic E-state index is 17.0. The van der Waals surface area contributed by atoms with Gasteiger partial charge in [0.15, 0.2) is 24.3 Å². The molecule has 86 heavy (non-hydrogen) atoms. The van der Waals surface area contributed by atoms with Gasteiger partial charge in [-0.1, -0.05) is 142 Å². The van der Waals surface area contributed by atoms with E-state index in [9.17, 15) is 4.79 Å². The second-order valence-corrected chi connectivity index (χ2v) is 30.9. The van der Waals surface area contributed by atoms with Crippen molar-refractivity contribution in [2.75, 3.05) is 13.7 Å². The third-order valence-electron chi connectivity index (χ3n) is 25.3. The van der Waals surface area contributed by atoms with Crippen molar-refractivity contribution in [1.29, 1.82) is 0 Å². The van der Waals surface area contributed by atoms with Gasteiger partial charge in [-0.2, -0.15) is 0 Å². The first-order valence-electron chi connectivity index (χ1n) is 32.8. The Kier molecular flexibility index (Phi) is 16.2. The van der Waals surface area contributed by atoms with Crippen molar-refractivity contribution in [3.63, 3.8) is 0 Å². The minimum Gasteiger partial charge on any atom is -0.426 e. The minimum absolute atomic E-state index is 0.118. The molecule has 0 bridgehead atoms. The zero-order chi connectivity index (χ0) is 61.6. The predicted molar refractivity (Wildman–Crippen MR) is 326 cm³/mol. The lowest BCUT2D eigenvalue weighted by atomic mass is 9.24. The van der Waals surface area contributed by atoms with Gasteiger partial charge >= 0.3 is 5.97 Å². The fourth-order valence-electron chi connectivity index (χ4n) is 20.2. The Bertz CT molecular complexity index is 2860. The van der Waals surface area contributed by atoms with Gasteiger partial charge in [0.05, 0.1) is 57.5 Å². The van der Waals surface area contributed by atoms with Gasteiger partial charge in [0.25, 0.3) is 5.79 Å². The van der Waals surface area contributed by atoms with E-state index < -0.39 is 106 Å². The van der Waals surface area contributed by atoms with E-state index in [1.165, 1.54) is 6.29 Å². The molecule has 5 aliphatic heterocycles. The molecule has 0 spiro atoms. The lowest BCUT2D eigenvalue weighted by molar-refractivity contribution is -0.465. The fraction of sp³-hybridized carbons (Fsp3) is 0.771. The number of hydrogen-bond acceptors (Lipinski definition) is 14. The van der Waals surface area contributed by atoms with Crippen LogP contribution in [0.1, 0.15) is 165 Å². The van der Waals surface area contributed by atoms with Gasteiger partial charge in [-0.3, -0.25) is 4.79 Å². The second-order valence-electron chi connectivity index (χ2n) is 30.9. The van der Waals surface area contributed by atoms with E-state index in [0.29, 0.717) is 44.8 Å². The second kappa shape index (κ2) is 22.1. The summed E-state index contributed by atoms with van der Waals surface area (Å²) in [5, 5.41) is -1.35. The Balaban J connectivity index is 0.896. The molecule has 9 fully saturated rings. The molecule has 0 aromatic heterocycles. The normalized spacial score (nSPS) is 49.8. The molecule has 5 heterocycles. The smallest absolute Gasteiger partial charge is 0.317 e. The van der Waals surface area contributed by atoms with Crippen molar-refractivity contribution in [1.82, 2.24) is 0 Å². The van der Waals surface area contributed by atoms with E-state index in [-0.39, 0.29) is 65.1 Å². The number of methoxy groups -OCH3 is 1. The first-order chi connectivity index (χ1) is 40.5. The zero-order valence-corrected chi connectivity index (χ0v) is 54.0. The van der Waals surface area contributed by atoms with Crippen LogP contribution in [0.2, 0.25) is 5.31 Å². The maximum atomic E-state index is 17.0. The molecule has 2 aromatic rings. The Labute approximate surface area is 515 Å². The first kappa shape index (κ1) is 63.2. The Hall–Kier alpha value is -2.99. The lowest BCUT2D eigenvalue weighted by Crippen LogP contribution is -2.83. The summed E-state index contributed by atoms with van der Waals surface area (Å²) < 4.78 is 77.2. The van der Waals surface area contributed by atoms with E-state index >= 15 is 4.79 Å². The number of rotatable bonds is 14. The molecule has 14 nitrogen and oxygen atoms in total. The standard InChI is InChI=1S/C70H99B2NO13/c1-15-46-51(73)41(3)53-57(81-46)70(85-53,58-56-55(83-62(8,9)84-56)54(43(5)80-58)82-59-42(4)52(78-35-45-24-20-17-21-25-45)47(36-79-59)77-34-44-22-18-16-19-23-44)86-60(75)67-33-32-61(6,7)37-68(67,71)50-27-26-49-63(10)30-28-40(2)64(11,39-74)48(63)29-31-65(49,12)66(50,13)38-69(67,72)76-14/h16-25,27,39-43,46-49,51-59H,15,26,28-38,73H2,1-14H3/t40-,41?,42?,43+,46-,47?,48+,49?,51?,52?,53?,54?,55?,56?,57+,58+,59-,63?,64-,65-,66+,67?,68?,69-,70?/m0/s1. The SMILES string of the molecule is [B]C12CC(C)(C)CCC1(C(=O)OC1([C@@H]3O[C@H](C)C(O[C@@H]4OCC(OCc5ccccc5)C(OCc5ccccc5)C4C)C4OC(C)(C)OC43)OC3C(C)C(N)[C@H](CC)O[C@H]31)[C@@]([B])(OC)C[C@]1(C)C2=CCC2C3(C)CC[C@H](C)[C@](C)(C=O)[C@@H]3CC[C@@]21C. The van der Waals surface area contributed by atoms with Gasteiger partial charge in [0.1, 0.15) is 38.5 Å². The number of ether oxygens (including phenoxy) is 11. The molecule has 468 valence electrons. The summed E-state index contributed by atoms with van der Waals surface area (Å²) in [7, 11) is 18.2. The number of carbonyl (C=O) groups is 2. The molecule has 4 saturated carbocycles. The van der Waals surface area contributed by atoms with Gasteiger partial charge in [0, 0.05) is 35.9 Å². The van der Waals surface area contributed by atoms with Crippen LogP contribution in [-0.2, 0) is 74.9 Å². The predicted octanol–water partition coefficient (Wildman–Crippen LogP) is 11.1. The molecule has 14 unspecified atom stereocenters. The first-order valence-corrected chi connectivity index (χ1v) is 32.8. The highest BCUT2D eigenvalue weighted by molar-refractivity contribution is 6.25. The van der Waals surface area contributed by atoms with Crippen LogP contribution in [0.5, 0.6) is 0 Å². The number of carbonyl (C=O) groups excluding carboxylic acids is 2. The summed E-state index contributed by atoms with van der Waals surface area (Å²) in [6.07, 6.45) is 2.98. The van der Waals surface area contributed by atoms with E-state index in [1.54, 1.807) is 7.11 Å². The van der Waals surface area contributed by atoms with Crippen LogP contribution in [-0.4, -0.2) is 132 Å². The molecule has 2 aromatic carbocycles. The highest BCUT2D eigenvalue weighted by atomic mass is 16.8. The molecule has 2 N–H and O–H groups in total. The highest BCUT2D eigenvalue weighted by Gasteiger charge is 2.81. The van der Waals surface area contributed by atoms with E-state index in [2.05, 4.69) is 87.4 Å². The van der Waals surface area contributed by atoms with Crippen molar-refractivity contribution in [2.24, 2.45) is 67.8 Å². The Morgan fingerprint density at radius 2 is 1.40 bits per heavy atom. The van der Waals surface area contributed by atoms with Crippen molar-refractivity contribution < 1.29 is 61.7 Å². The van der Waals surface area contributed by atoms with Crippen molar-refractivity contribution in [2.45, 2.75) is 263 Å². The summed E-state index contributed by atoms with van der Waals surface area (Å²) in [6, 6.07) is 19.9. The quantitative estimate of drug-likeness (QED) is 0.0823. The summed E-state index contributed by atoms with van der Waals surface area (Å²) in [5.41, 5.74) is 5.07. The van der Waals surface area contributed by atoms with Crippen LogP contribution in [0.15, 0.2) is 72.3 Å². The molecular formula is C70H99B2NO13. The van der Waals surface area contributed by atoms with E-state index in [1.807, 2.05) is 69.3 Å². The summed E-state index contributed by atoms with van der Waals surface area (Å²) >= 11 is 0. The lowest BCUT2D eigenvalue weighted by Gasteiger charge is -2.76. The van der Waals surface area contributed by atoms with Crippen LogP contribution in [0.25, 0.3) is 0 Å². The molecule has 16 heteroatoms. The maximum Gasteiger partial charge on any atom is 0.317 e. The van der Waals surface area contributed by atoms with Crippen molar-refractivity contribution in [3.05, 3.63) is 83.4 Å². The topological polar surface area (TPSA) is 162 Å². The molecule has 5 aliphatic carbocycles. The number of hydrogen-bond donors (Lipinski definition) is 1. The number of fused-ring (bicyclic) bond motifs is 9. The highest BCUT2D eigenvalue weighted by Crippen LogP contribution is 2.82. The third-order valence-corrected chi connectivity index (χ3v) is 25.3. The monoisotopic (exact) mass is 1180 g/mol. The van der Waals surface area contributed by atoms with E-state index in [0.717, 1.165) is 48.8 Å². The van der Waals surface area contributed by atoms with Gasteiger partial charge in [-0.15, -0.1) is 0 Å².